The molecule has 1 saturated carbocycles. The van der Waals surface area contributed by atoms with Gasteiger partial charge in [-0.05, 0) is 90.7 Å². The van der Waals surface area contributed by atoms with Crippen LogP contribution in [-0.4, -0.2) is 31.6 Å². The Morgan fingerprint density at radius 3 is 2.24 bits per heavy atom. The lowest BCUT2D eigenvalue weighted by Crippen LogP contribution is -2.39. The summed E-state index contributed by atoms with van der Waals surface area (Å²) in [5, 5.41) is 3.62. The lowest BCUT2D eigenvalue weighted by atomic mass is 9.74. The van der Waals surface area contributed by atoms with E-state index in [1.54, 1.807) is 7.11 Å². The molecule has 1 heterocycles. The van der Waals surface area contributed by atoms with Crippen LogP contribution in [0.2, 0.25) is 0 Å². The topological polar surface area (TPSA) is 24.5 Å². The summed E-state index contributed by atoms with van der Waals surface area (Å²) in [5.41, 5.74) is 9.67. The van der Waals surface area contributed by atoms with Gasteiger partial charge in [-0.15, -0.1) is 0 Å². The largest absolute Gasteiger partial charge is 0.496 e. The van der Waals surface area contributed by atoms with Gasteiger partial charge in [0.2, 0.25) is 0 Å². The minimum atomic E-state index is 0.406. The molecule has 3 aromatic carbocycles. The summed E-state index contributed by atoms with van der Waals surface area (Å²) >= 11 is 0. The molecule has 3 heteroatoms. The summed E-state index contributed by atoms with van der Waals surface area (Å²) < 4.78 is 5.72. The molecule has 3 nitrogen and oxygen atoms in total. The summed E-state index contributed by atoms with van der Waals surface area (Å²) in [6.07, 6.45) is 7.67. The van der Waals surface area contributed by atoms with E-state index in [2.05, 4.69) is 106 Å². The van der Waals surface area contributed by atoms with E-state index in [1.807, 2.05) is 0 Å². The maximum absolute atomic E-state index is 5.72. The van der Waals surface area contributed by atoms with Gasteiger partial charge < -0.3 is 15.0 Å². The van der Waals surface area contributed by atoms with Crippen LogP contribution in [0.3, 0.4) is 0 Å². The minimum Gasteiger partial charge on any atom is -0.496 e. The summed E-state index contributed by atoms with van der Waals surface area (Å²) in [6.45, 7) is 10.7. The van der Waals surface area contributed by atoms with Crippen molar-refractivity contribution < 1.29 is 4.74 Å². The number of methoxy groups -OCH3 is 1. The molecule has 38 heavy (non-hydrogen) atoms. The number of benzene rings is 3. The Kier molecular flexibility index (Phi) is 9.91. The molecule has 3 aliphatic rings. The second-order valence-electron chi connectivity index (χ2n) is 11.5. The fourth-order valence-electron chi connectivity index (χ4n) is 5.68. The molecule has 0 spiro atoms. The number of fused-ring (bicyclic) bond motifs is 5. The molecule has 0 aromatic heterocycles. The second-order valence-corrected chi connectivity index (χ2v) is 11.5. The number of ether oxygens (including phenoxy) is 1. The van der Waals surface area contributed by atoms with Crippen LogP contribution in [0.15, 0.2) is 60.7 Å². The number of hydrogen-bond acceptors (Lipinski definition) is 3. The van der Waals surface area contributed by atoms with E-state index in [9.17, 15) is 0 Å². The Bertz CT molecular complexity index is 1170. The molecular formula is C35H48N2O. The van der Waals surface area contributed by atoms with Gasteiger partial charge in [-0.1, -0.05) is 82.5 Å². The Labute approximate surface area is 231 Å². The van der Waals surface area contributed by atoms with Crippen LogP contribution in [0.1, 0.15) is 85.8 Å². The lowest BCUT2D eigenvalue weighted by molar-refractivity contribution is 0.214. The van der Waals surface area contributed by atoms with E-state index in [-0.39, 0.29) is 0 Å². The summed E-state index contributed by atoms with van der Waals surface area (Å²) in [5.74, 6) is 2.50. The van der Waals surface area contributed by atoms with E-state index >= 15 is 0 Å². The first kappa shape index (κ1) is 28.2. The zero-order valence-electron chi connectivity index (χ0n) is 24.5. The molecule has 1 fully saturated rings. The van der Waals surface area contributed by atoms with Crippen LogP contribution in [0, 0.1) is 12.8 Å². The molecule has 204 valence electrons. The van der Waals surface area contributed by atoms with Crippen molar-refractivity contribution >= 4 is 5.69 Å². The third kappa shape index (κ3) is 6.99. The molecule has 0 bridgehead atoms. The van der Waals surface area contributed by atoms with Gasteiger partial charge in [0, 0.05) is 30.7 Å². The van der Waals surface area contributed by atoms with Crippen molar-refractivity contribution in [2.24, 2.45) is 5.92 Å². The highest BCUT2D eigenvalue weighted by molar-refractivity contribution is 5.56. The Morgan fingerprint density at radius 1 is 0.895 bits per heavy atom. The Hall–Kier alpha value is -2.78. The molecule has 6 rings (SSSR count). The van der Waals surface area contributed by atoms with Crippen molar-refractivity contribution in [3.8, 4) is 5.75 Å². The van der Waals surface area contributed by atoms with Gasteiger partial charge in [-0.25, -0.2) is 0 Å². The number of nitrogens with one attached hydrogen (secondary N) is 1. The van der Waals surface area contributed by atoms with Crippen LogP contribution in [-0.2, 0) is 19.4 Å². The number of rotatable bonds is 4. The van der Waals surface area contributed by atoms with E-state index in [0.29, 0.717) is 12.0 Å². The molecule has 0 radical (unpaired) electrons. The van der Waals surface area contributed by atoms with Crippen molar-refractivity contribution in [3.63, 3.8) is 0 Å². The van der Waals surface area contributed by atoms with Crippen molar-refractivity contribution in [3.05, 3.63) is 94.0 Å². The fraction of sp³-hybridized carbons (Fsp3) is 0.486. The molecule has 2 atom stereocenters. The predicted octanol–water partition coefficient (Wildman–Crippen LogP) is 8.38. The molecule has 1 N–H and O–H groups in total. The van der Waals surface area contributed by atoms with Crippen LogP contribution in [0.5, 0.6) is 5.75 Å². The molecule has 1 aliphatic heterocycles. The fourth-order valence-corrected chi connectivity index (χ4v) is 5.68. The van der Waals surface area contributed by atoms with Gasteiger partial charge in [-0.3, -0.25) is 0 Å². The quantitative estimate of drug-likeness (QED) is 0.380. The summed E-state index contributed by atoms with van der Waals surface area (Å²) in [7, 11) is 4.09. The van der Waals surface area contributed by atoms with Gasteiger partial charge in [0.05, 0.1) is 7.11 Å². The van der Waals surface area contributed by atoms with Gasteiger partial charge in [0.25, 0.3) is 0 Å². The van der Waals surface area contributed by atoms with Crippen molar-refractivity contribution in [1.29, 1.82) is 0 Å². The van der Waals surface area contributed by atoms with Crippen LogP contribution >= 0.6 is 0 Å². The Balaban J connectivity index is 0.000000424. The number of nitrogens with zero attached hydrogens (tertiary/aromatic N) is 1. The van der Waals surface area contributed by atoms with Crippen LogP contribution in [0.25, 0.3) is 0 Å². The maximum atomic E-state index is 5.72. The van der Waals surface area contributed by atoms with Gasteiger partial charge in [0.15, 0.2) is 0 Å². The van der Waals surface area contributed by atoms with Gasteiger partial charge in [0.1, 0.15) is 5.75 Å². The first-order chi connectivity index (χ1) is 18.4. The highest BCUT2D eigenvalue weighted by Crippen LogP contribution is 2.44. The van der Waals surface area contributed by atoms with Crippen molar-refractivity contribution in [2.75, 3.05) is 26.0 Å². The molecular weight excluding hydrogens is 464 g/mol. The third-order valence-corrected chi connectivity index (χ3v) is 8.07. The van der Waals surface area contributed by atoms with Crippen LogP contribution < -0.4 is 10.1 Å². The minimum absolute atomic E-state index is 0.406. The predicted molar refractivity (Wildman–Crippen MR) is 163 cm³/mol. The molecule has 2 aliphatic carbocycles. The van der Waals surface area contributed by atoms with Gasteiger partial charge >= 0.3 is 0 Å². The molecule has 3 aromatic rings. The van der Waals surface area contributed by atoms with Gasteiger partial charge in [-0.2, -0.15) is 0 Å². The molecule has 0 amide bonds. The van der Waals surface area contributed by atoms with E-state index in [4.69, 9.17) is 4.74 Å². The average Bonchev–Trinajstić information content (AvgIpc) is 3.74. The Morgan fingerprint density at radius 2 is 1.58 bits per heavy atom. The molecule has 2 unspecified atom stereocenters. The van der Waals surface area contributed by atoms with Crippen molar-refractivity contribution in [2.45, 2.75) is 84.7 Å². The van der Waals surface area contributed by atoms with E-state index in [0.717, 1.165) is 37.6 Å². The normalized spacial score (nSPS) is 19.7. The molecule has 0 saturated heterocycles. The second kappa shape index (κ2) is 13.3. The first-order valence-electron chi connectivity index (χ1n) is 14.7. The number of likely N-dealkylation sites (N-methyl/N-ethyl adjacent to an activating group) is 1. The van der Waals surface area contributed by atoms with E-state index < -0.39 is 0 Å². The highest BCUT2D eigenvalue weighted by Gasteiger charge is 2.36. The summed E-state index contributed by atoms with van der Waals surface area (Å²) in [4.78, 5) is 2.58. The standard InChI is InChI=1S/C28H32N2O.C4H8.C3H8/c1-19-15-22-13-14-30(2)26-12-9-21-16-23(29-18-20-7-5-4-6-8-20)10-11-24(21)28(26)25(22)17-27(19)31-3;1-4-2-3-4;1-3-2/h4-8,10-11,15-17,26,28-29H,9,12-14,18H2,1-3H3;4H,2-3H2,1H3;3H2,1-2H3. The zero-order valence-corrected chi connectivity index (χ0v) is 24.5. The number of aryl methyl sites for hydroxylation is 2. The summed E-state index contributed by atoms with van der Waals surface area (Å²) in [6, 6.07) is 22.8. The highest BCUT2D eigenvalue weighted by atomic mass is 16.5. The number of anilines is 1. The smallest absolute Gasteiger partial charge is 0.122 e. The van der Waals surface area contributed by atoms with E-state index in [1.165, 1.54) is 64.8 Å². The maximum Gasteiger partial charge on any atom is 0.122 e. The lowest BCUT2D eigenvalue weighted by Gasteiger charge is -2.38. The van der Waals surface area contributed by atoms with Crippen LogP contribution in [0.4, 0.5) is 5.69 Å². The zero-order chi connectivity index (χ0) is 27.1. The number of hydrogen-bond donors (Lipinski definition) is 1. The SMILES string of the molecule is CC1CC1.CCC.COc1cc2c(cc1C)CCN(C)C1CCc3cc(NCc4ccccc4)ccc3C21. The third-order valence-electron chi connectivity index (χ3n) is 8.07. The van der Waals surface area contributed by atoms with Crippen molar-refractivity contribution in [1.82, 2.24) is 4.90 Å². The average molecular weight is 513 g/mol. The first-order valence-corrected chi connectivity index (χ1v) is 14.7. The monoisotopic (exact) mass is 512 g/mol.